The number of unbranched alkanes of at least 4 members (excludes halogenated alkanes) is 1. The van der Waals surface area contributed by atoms with E-state index in [1.807, 2.05) is 48.5 Å². The number of amides is 1. The normalized spacial score (nSPS) is 14.6. The van der Waals surface area contributed by atoms with Crippen LogP contribution >= 0.6 is 24.0 Å². The van der Waals surface area contributed by atoms with Crippen molar-refractivity contribution < 1.29 is 24.2 Å². The molecule has 0 spiro atoms. The van der Waals surface area contributed by atoms with Crippen LogP contribution in [0.5, 0.6) is 11.5 Å². The number of carbonyl (C=O) groups excluding carboxylic acids is 1. The minimum atomic E-state index is -0.795. The number of para-hydroxylation sites is 1. The van der Waals surface area contributed by atoms with Gasteiger partial charge < -0.3 is 19.9 Å². The molecule has 2 aromatic carbocycles. The summed E-state index contributed by atoms with van der Waals surface area (Å²) in [5, 5.41) is 11.3. The molecule has 0 saturated carbocycles. The van der Waals surface area contributed by atoms with Gasteiger partial charge in [0, 0.05) is 12.0 Å². The smallest absolute Gasteiger partial charge is 0.303 e. The first-order valence-electron chi connectivity index (χ1n) is 9.41. The number of rotatable bonds is 10. The Morgan fingerprint density at radius 1 is 1.13 bits per heavy atom. The van der Waals surface area contributed by atoms with Gasteiger partial charge in [-0.25, -0.2) is 0 Å². The largest absolute Gasteiger partial charge is 0.493 e. The quantitative estimate of drug-likeness (QED) is 0.320. The summed E-state index contributed by atoms with van der Waals surface area (Å²) in [5.41, 5.74) is 1.74. The van der Waals surface area contributed by atoms with Crippen LogP contribution in [0.1, 0.15) is 30.4 Å². The van der Waals surface area contributed by atoms with Gasteiger partial charge in [-0.05, 0) is 42.7 Å². The fourth-order valence-electron chi connectivity index (χ4n) is 2.75. The standard InChI is InChI=1S/C22H21NO5S2/c24-20(25)10-3-4-11-27-18-9-2-1-7-16(18)14-28-17-8-5-6-15(12-17)13-19-21(26)23-22(29)30-19/h1-2,5-9,12-13H,3-4,10-11,14H2,(H,24,25)(H,23,26,29). The lowest BCUT2D eigenvalue weighted by Crippen LogP contribution is -2.17. The van der Waals surface area contributed by atoms with Crippen LogP contribution in [-0.4, -0.2) is 27.9 Å². The van der Waals surface area contributed by atoms with Gasteiger partial charge in [0.2, 0.25) is 0 Å². The molecule has 30 heavy (non-hydrogen) atoms. The Hall–Kier alpha value is -2.84. The molecule has 2 aromatic rings. The van der Waals surface area contributed by atoms with Gasteiger partial charge >= 0.3 is 5.97 Å². The van der Waals surface area contributed by atoms with Crippen molar-refractivity contribution in [2.24, 2.45) is 0 Å². The molecule has 0 aromatic heterocycles. The Labute approximate surface area is 184 Å². The van der Waals surface area contributed by atoms with Gasteiger partial charge in [-0.2, -0.15) is 0 Å². The highest BCUT2D eigenvalue weighted by atomic mass is 32.2. The first kappa shape index (κ1) is 21.9. The summed E-state index contributed by atoms with van der Waals surface area (Å²) in [6.07, 6.45) is 3.18. The summed E-state index contributed by atoms with van der Waals surface area (Å²) in [6.45, 7) is 0.777. The summed E-state index contributed by atoms with van der Waals surface area (Å²) >= 11 is 6.25. The SMILES string of the molecule is O=C(O)CCCCOc1ccccc1COc1cccc(C=C2SC(=S)NC2=O)c1. The molecule has 1 aliphatic heterocycles. The summed E-state index contributed by atoms with van der Waals surface area (Å²) in [5.74, 6) is 0.410. The van der Waals surface area contributed by atoms with E-state index in [1.54, 1.807) is 6.08 Å². The minimum Gasteiger partial charge on any atom is -0.493 e. The molecule has 1 saturated heterocycles. The highest BCUT2D eigenvalue weighted by Gasteiger charge is 2.21. The van der Waals surface area contributed by atoms with Gasteiger partial charge in [0.15, 0.2) is 0 Å². The van der Waals surface area contributed by atoms with Crippen molar-refractivity contribution in [3.05, 3.63) is 64.6 Å². The third kappa shape index (κ3) is 6.60. The topological polar surface area (TPSA) is 84.9 Å². The number of benzene rings is 2. The lowest BCUT2D eigenvalue weighted by molar-refractivity contribution is -0.137. The highest BCUT2D eigenvalue weighted by Crippen LogP contribution is 2.27. The van der Waals surface area contributed by atoms with Crippen LogP contribution in [0.25, 0.3) is 6.08 Å². The second kappa shape index (κ2) is 10.8. The van der Waals surface area contributed by atoms with Gasteiger partial charge in [0.05, 0.1) is 11.5 Å². The third-order valence-electron chi connectivity index (χ3n) is 4.21. The first-order chi connectivity index (χ1) is 14.5. The predicted octanol–water partition coefficient (Wildman–Crippen LogP) is 4.39. The summed E-state index contributed by atoms with van der Waals surface area (Å²) < 4.78 is 12.2. The van der Waals surface area contributed by atoms with E-state index in [-0.39, 0.29) is 12.3 Å². The molecular weight excluding hydrogens is 422 g/mol. The van der Waals surface area contributed by atoms with E-state index in [9.17, 15) is 9.59 Å². The zero-order valence-electron chi connectivity index (χ0n) is 16.1. The van der Waals surface area contributed by atoms with Crippen molar-refractivity contribution in [1.29, 1.82) is 0 Å². The van der Waals surface area contributed by atoms with Gasteiger partial charge in [0.1, 0.15) is 22.4 Å². The van der Waals surface area contributed by atoms with Crippen LogP contribution in [0.2, 0.25) is 0 Å². The van der Waals surface area contributed by atoms with Gasteiger partial charge in [-0.3, -0.25) is 9.59 Å². The van der Waals surface area contributed by atoms with Crippen molar-refractivity contribution in [3.8, 4) is 11.5 Å². The molecule has 0 unspecified atom stereocenters. The molecular formula is C22H21NO5S2. The van der Waals surface area contributed by atoms with Gasteiger partial charge in [-0.15, -0.1) is 0 Å². The molecule has 2 N–H and O–H groups in total. The van der Waals surface area contributed by atoms with E-state index < -0.39 is 5.97 Å². The molecule has 156 valence electrons. The highest BCUT2D eigenvalue weighted by molar-refractivity contribution is 8.26. The van der Waals surface area contributed by atoms with E-state index in [1.165, 1.54) is 11.8 Å². The number of hydrogen-bond acceptors (Lipinski definition) is 6. The fourth-order valence-corrected chi connectivity index (χ4v) is 3.80. The molecule has 0 atom stereocenters. The zero-order valence-corrected chi connectivity index (χ0v) is 17.8. The molecule has 8 heteroatoms. The summed E-state index contributed by atoms with van der Waals surface area (Å²) in [6, 6.07) is 15.1. The average molecular weight is 444 g/mol. The monoisotopic (exact) mass is 443 g/mol. The number of hydrogen-bond donors (Lipinski definition) is 2. The average Bonchev–Trinajstić information content (AvgIpc) is 3.03. The Balaban J connectivity index is 1.58. The van der Waals surface area contributed by atoms with E-state index in [0.29, 0.717) is 41.0 Å². The Bertz CT molecular complexity index is 974. The first-order valence-corrected chi connectivity index (χ1v) is 10.6. The Morgan fingerprint density at radius 2 is 1.97 bits per heavy atom. The molecule has 1 amide bonds. The molecule has 0 aliphatic carbocycles. The molecule has 6 nitrogen and oxygen atoms in total. The number of thiocarbonyl (C=S) groups is 1. The lowest BCUT2D eigenvalue weighted by Gasteiger charge is -2.12. The van der Waals surface area contributed by atoms with Crippen molar-refractivity contribution in [3.63, 3.8) is 0 Å². The van der Waals surface area contributed by atoms with E-state index in [4.69, 9.17) is 26.8 Å². The van der Waals surface area contributed by atoms with Gasteiger partial charge in [0.25, 0.3) is 5.91 Å². The number of carboxylic acid groups (broad SMARTS) is 1. The second-order valence-electron chi connectivity index (χ2n) is 6.52. The maximum absolute atomic E-state index is 11.8. The van der Waals surface area contributed by atoms with Crippen molar-refractivity contribution >= 4 is 46.3 Å². The maximum atomic E-state index is 11.8. The van der Waals surface area contributed by atoms with Crippen LogP contribution in [0.15, 0.2) is 53.4 Å². The van der Waals surface area contributed by atoms with Crippen LogP contribution in [-0.2, 0) is 16.2 Å². The molecule has 1 aliphatic rings. The van der Waals surface area contributed by atoms with Crippen molar-refractivity contribution in [2.75, 3.05) is 6.61 Å². The van der Waals surface area contributed by atoms with Crippen molar-refractivity contribution in [2.45, 2.75) is 25.9 Å². The molecule has 0 bridgehead atoms. The molecule has 3 rings (SSSR count). The van der Waals surface area contributed by atoms with Crippen LogP contribution in [0.4, 0.5) is 0 Å². The second-order valence-corrected chi connectivity index (χ2v) is 8.24. The Morgan fingerprint density at radius 3 is 2.73 bits per heavy atom. The number of thioether (sulfide) groups is 1. The number of carboxylic acids is 1. The van der Waals surface area contributed by atoms with Crippen LogP contribution in [0, 0.1) is 0 Å². The Kier molecular flexibility index (Phi) is 7.87. The number of carbonyl (C=O) groups is 2. The lowest BCUT2D eigenvalue weighted by atomic mass is 10.2. The van der Waals surface area contributed by atoms with E-state index in [2.05, 4.69) is 5.32 Å². The summed E-state index contributed by atoms with van der Waals surface area (Å²) in [4.78, 5) is 22.9. The summed E-state index contributed by atoms with van der Waals surface area (Å²) in [7, 11) is 0. The maximum Gasteiger partial charge on any atom is 0.303 e. The number of ether oxygens (including phenoxy) is 2. The van der Waals surface area contributed by atoms with Crippen LogP contribution in [0.3, 0.4) is 0 Å². The fraction of sp³-hybridized carbons (Fsp3) is 0.227. The predicted molar refractivity (Wildman–Crippen MR) is 121 cm³/mol. The minimum absolute atomic E-state index is 0.145. The van der Waals surface area contributed by atoms with E-state index >= 15 is 0 Å². The van der Waals surface area contributed by atoms with Gasteiger partial charge in [-0.1, -0.05) is 54.3 Å². The molecule has 1 fully saturated rings. The van der Waals surface area contributed by atoms with Crippen LogP contribution < -0.4 is 14.8 Å². The molecule has 1 heterocycles. The number of nitrogens with one attached hydrogen (secondary N) is 1. The zero-order chi connectivity index (χ0) is 21.3. The van der Waals surface area contributed by atoms with Crippen molar-refractivity contribution in [1.82, 2.24) is 5.32 Å². The third-order valence-corrected chi connectivity index (χ3v) is 5.37. The molecule has 0 radical (unpaired) electrons. The van der Waals surface area contributed by atoms with E-state index in [0.717, 1.165) is 16.9 Å². The number of aliphatic carboxylic acids is 1.